The minimum Gasteiger partial charge on any atom is -0.350 e. The molecule has 37 heavy (non-hydrogen) atoms. The smallest absolute Gasteiger partial charge is 0.256 e. The first-order chi connectivity index (χ1) is 17.7. The fourth-order valence-corrected chi connectivity index (χ4v) is 4.80. The number of carbonyl (C=O) groups excluding carboxylic acids is 1. The Bertz CT molecular complexity index is 1320. The molecule has 3 aromatic rings. The lowest BCUT2D eigenvalue weighted by atomic mass is 9.79. The van der Waals surface area contributed by atoms with Gasteiger partial charge in [0.25, 0.3) is 5.91 Å². The number of pyridine rings is 1. The molecule has 1 aliphatic heterocycles. The number of rotatable bonds is 8. The number of hydrogen-bond donors (Lipinski definition) is 4. The first-order valence-corrected chi connectivity index (χ1v) is 12.8. The van der Waals surface area contributed by atoms with E-state index in [0.717, 1.165) is 31.6 Å². The van der Waals surface area contributed by atoms with Gasteiger partial charge in [-0.3, -0.25) is 14.2 Å². The highest BCUT2D eigenvalue weighted by molar-refractivity contribution is 5.99. The van der Waals surface area contributed by atoms with Crippen LogP contribution < -0.4 is 21.3 Å². The Morgan fingerprint density at radius 2 is 1.89 bits per heavy atom. The molecule has 1 fully saturated rings. The maximum Gasteiger partial charge on any atom is 0.256 e. The summed E-state index contributed by atoms with van der Waals surface area (Å²) in [5.41, 5.74) is 4.74. The van der Waals surface area contributed by atoms with Gasteiger partial charge < -0.3 is 21.3 Å². The normalized spacial score (nSPS) is 17.1. The molecule has 1 saturated carbocycles. The molecule has 0 radical (unpaired) electrons. The number of anilines is 4. The van der Waals surface area contributed by atoms with Gasteiger partial charge in [0, 0.05) is 53.7 Å². The van der Waals surface area contributed by atoms with E-state index in [1.54, 1.807) is 12.3 Å². The second-order valence-corrected chi connectivity index (χ2v) is 11.0. The summed E-state index contributed by atoms with van der Waals surface area (Å²) in [6.45, 7) is 9.58. The quantitative estimate of drug-likeness (QED) is 0.347. The van der Waals surface area contributed by atoms with Gasteiger partial charge in [0.2, 0.25) is 5.95 Å². The second kappa shape index (κ2) is 9.70. The van der Waals surface area contributed by atoms with Gasteiger partial charge in [-0.15, -0.1) is 0 Å². The predicted molar refractivity (Wildman–Crippen MR) is 143 cm³/mol. The van der Waals surface area contributed by atoms with Gasteiger partial charge in [0.1, 0.15) is 18.1 Å². The monoisotopic (exact) mass is 503 g/mol. The molecule has 2 aliphatic rings. The summed E-state index contributed by atoms with van der Waals surface area (Å²) in [6, 6.07) is 9.88. The number of alkyl halides is 1. The van der Waals surface area contributed by atoms with E-state index in [2.05, 4.69) is 62.2 Å². The first-order valence-electron chi connectivity index (χ1n) is 12.8. The Balaban J connectivity index is 1.44. The van der Waals surface area contributed by atoms with Gasteiger partial charge >= 0.3 is 0 Å². The van der Waals surface area contributed by atoms with Gasteiger partial charge in [-0.05, 0) is 62.1 Å². The molecule has 0 atom stereocenters. The van der Waals surface area contributed by atoms with Crippen molar-refractivity contribution >= 4 is 29.0 Å². The van der Waals surface area contributed by atoms with Crippen LogP contribution in [0.5, 0.6) is 0 Å². The fraction of sp³-hybridized carbons (Fsp3) is 0.429. The minimum atomic E-state index is -0.482. The van der Waals surface area contributed by atoms with Crippen LogP contribution in [0.15, 0.2) is 42.7 Å². The Labute approximate surface area is 216 Å². The highest BCUT2D eigenvalue weighted by Crippen LogP contribution is 2.48. The number of benzene rings is 1. The molecule has 0 spiro atoms. The van der Waals surface area contributed by atoms with Crippen molar-refractivity contribution in [3.05, 3.63) is 65.1 Å². The third-order valence-electron chi connectivity index (χ3n) is 7.10. The standard InChI is InChI=1S/C28H34FN7O/c1-17(2)33-25(37)21-14-32-26(35-19-5-6-22-18(11-19)13-30-16-27(22,3)4)36-24(21)34-20-7-10-31-23(12-20)28(15-29)8-9-28/h5-7,10-12,14,17,30H,8-9,13,15-16H2,1-4H3,(H,33,37)(H2,31,32,34,35,36). The summed E-state index contributed by atoms with van der Waals surface area (Å²) in [5, 5.41) is 12.9. The van der Waals surface area contributed by atoms with E-state index < -0.39 is 12.1 Å². The van der Waals surface area contributed by atoms with Crippen molar-refractivity contribution in [2.75, 3.05) is 23.9 Å². The van der Waals surface area contributed by atoms with Crippen LogP contribution in [-0.2, 0) is 17.4 Å². The van der Waals surface area contributed by atoms with Crippen LogP contribution in [0.25, 0.3) is 0 Å². The molecule has 0 bridgehead atoms. The van der Waals surface area contributed by atoms with E-state index in [1.165, 1.54) is 17.3 Å². The van der Waals surface area contributed by atoms with Gasteiger partial charge in [0.05, 0.1) is 5.69 Å². The average Bonchev–Trinajstić information content (AvgIpc) is 3.65. The topological polar surface area (TPSA) is 104 Å². The van der Waals surface area contributed by atoms with Crippen LogP contribution in [0.1, 0.15) is 67.7 Å². The molecular formula is C28H34FN7O. The Morgan fingerprint density at radius 1 is 1.11 bits per heavy atom. The first kappa shape index (κ1) is 25.1. The van der Waals surface area contributed by atoms with Crippen molar-refractivity contribution in [3.8, 4) is 0 Å². The lowest BCUT2D eigenvalue weighted by molar-refractivity contribution is 0.0943. The van der Waals surface area contributed by atoms with Gasteiger partial charge in [-0.1, -0.05) is 19.9 Å². The molecule has 0 unspecified atom stereocenters. The van der Waals surface area contributed by atoms with E-state index in [1.807, 2.05) is 26.0 Å². The molecule has 1 aromatic carbocycles. The summed E-state index contributed by atoms with van der Waals surface area (Å²) >= 11 is 0. The highest BCUT2D eigenvalue weighted by Gasteiger charge is 2.46. The number of amides is 1. The number of halogens is 1. The molecule has 0 saturated heterocycles. The Hall–Kier alpha value is -3.59. The van der Waals surface area contributed by atoms with Crippen LogP contribution in [-0.4, -0.2) is 40.1 Å². The molecule has 2 aromatic heterocycles. The lowest BCUT2D eigenvalue weighted by Gasteiger charge is -2.33. The lowest BCUT2D eigenvalue weighted by Crippen LogP contribution is -2.38. The number of aromatic nitrogens is 3. The molecule has 1 aliphatic carbocycles. The summed E-state index contributed by atoms with van der Waals surface area (Å²) in [7, 11) is 0. The van der Waals surface area contributed by atoms with Crippen LogP contribution in [0.4, 0.5) is 27.5 Å². The maximum absolute atomic E-state index is 13.6. The summed E-state index contributed by atoms with van der Waals surface area (Å²) in [4.78, 5) is 26.4. The third kappa shape index (κ3) is 5.27. The molecule has 1 amide bonds. The van der Waals surface area contributed by atoms with Gasteiger partial charge in [-0.2, -0.15) is 4.98 Å². The van der Waals surface area contributed by atoms with Crippen molar-refractivity contribution in [2.24, 2.45) is 0 Å². The average molecular weight is 504 g/mol. The van der Waals surface area contributed by atoms with Gasteiger partial charge in [-0.25, -0.2) is 4.98 Å². The van der Waals surface area contributed by atoms with Crippen LogP contribution in [0.2, 0.25) is 0 Å². The maximum atomic E-state index is 13.6. The molecule has 5 rings (SSSR count). The van der Waals surface area contributed by atoms with Gasteiger partial charge in [0.15, 0.2) is 0 Å². The summed E-state index contributed by atoms with van der Waals surface area (Å²) < 4.78 is 13.6. The predicted octanol–water partition coefficient (Wildman–Crippen LogP) is 4.88. The highest BCUT2D eigenvalue weighted by atomic mass is 19.1. The van der Waals surface area contributed by atoms with Crippen molar-refractivity contribution < 1.29 is 9.18 Å². The number of fused-ring (bicyclic) bond motifs is 1. The van der Waals surface area contributed by atoms with Crippen molar-refractivity contribution in [2.45, 2.75) is 64.0 Å². The Morgan fingerprint density at radius 3 is 2.62 bits per heavy atom. The van der Waals surface area contributed by atoms with Crippen molar-refractivity contribution in [3.63, 3.8) is 0 Å². The zero-order valence-electron chi connectivity index (χ0n) is 21.8. The van der Waals surface area contributed by atoms with Crippen LogP contribution in [0, 0.1) is 0 Å². The number of hydrogen-bond acceptors (Lipinski definition) is 7. The van der Waals surface area contributed by atoms with Crippen LogP contribution in [0.3, 0.4) is 0 Å². The molecule has 3 heterocycles. The molecule has 9 heteroatoms. The number of nitrogens with zero attached hydrogens (tertiary/aromatic N) is 3. The third-order valence-corrected chi connectivity index (χ3v) is 7.10. The zero-order chi connectivity index (χ0) is 26.2. The SMILES string of the molecule is CC(C)NC(=O)c1cnc(Nc2ccc3c(c2)CNCC3(C)C)nc1Nc1ccnc(C2(CF)CC2)c1. The summed E-state index contributed by atoms with van der Waals surface area (Å²) in [6.07, 6.45) is 4.75. The van der Waals surface area contributed by atoms with Crippen molar-refractivity contribution in [1.29, 1.82) is 0 Å². The van der Waals surface area contributed by atoms with E-state index in [4.69, 9.17) is 0 Å². The largest absolute Gasteiger partial charge is 0.350 e. The molecule has 4 N–H and O–H groups in total. The molecule has 194 valence electrons. The van der Waals surface area contributed by atoms with E-state index in [9.17, 15) is 9.18 Å². The number of carbonyl (C=O) groups is 1. The van der Waals surface area contributed by atoms with E-state index in [0.29, 0.717) is 28.7 Å². The summed E-state index contributed by atoms with van der Waals surface area (Å²) in [5.74, 6) is 0.449. The second-order valence-electron chi connectivity index (χ2n) is 11.0. The van der Waals surface area contributed by atoms with E-state index in [-0.39, 0.29) is 17.4 Å². The zero-order valence-corrected chi connectivity index (χ0v) is 21.8. The number of nitrogens with one attached hydrogen (secondary N) is 4. The van der Waals surface area contributed by atoms with E-state index >= 15 is 0 Å². The van der Waals surface area contributed by atoms with Crippen molar-refractivity contribution in [1.82, 2.24) is 25.6 Å². The fourth-order valence-electron chi connectivity index (χ4n) is 4.80. The van der Waals surface area contributed by atoms with Crippen LogP contribution >= 0.6 is 0 Å². The molecule has 8 nitrogen and oxygen atoms in total. The Kier molecular flexibility index (Phi) is 6.58. The minimum absolute atomic E-state index is 0.0432. The molecular weight excluding hydrogens is 469 g/mol.